The molecule has 0 saturated heterocycles. The van der Waals surface area contributed by atoms with Gasteiger partial charge in [0.2, 0.25) is 17.1 Å². The Balaban J connectivity index is 1.41. The smallest absolute Gasteiger partial charge is 0.197 e. The second-order valence-electron chi connectivity index (χ2n) is 11.2. The highest BCUT2D eigenvalue weighted by Crippen LogP contribution is 2.40. The fourth-order valence-corrected chi connectivity index (χ4v) is 7.10. The van der Waals surface area contributed by atoms with Gasteiger partial charge < -0.3 is 0 Å². The number of pyridine rings is 3. The topological polar surface area (TPSA) is 11.6 Å². The minimum Gasteiger partial charge on any atom is -0.197 e. The summed E-state index contributed by atoms with van der Waals surface area (Å²) in [5.41, 5.74) is 11.9. The summed E-state index contributed by atoms with van der Waals surface area (Å²) in [5.74, 6) is 0.293. The van der Waals surface area contributed by atoms with Gasteiger partial charge in [0.15, 0.2) is 37.7 Å². The number of nitrogens with zero attached hydrogens (tertiary/aromatic N) is 3. The van der Waals surface area contributed by atoms with E-state index in [1.54, 1.807) is 0 Å². The van der Waals surface area contributed by atoms with Gasteiger partial charge in [-0.2, -0.15) is 13.7 Å². The van der Waals surface area contributed by atoms with Crippen LogP contribution in [-0.2, 0) is 19.5 Å². The maximum Gasteiger partial charge on any atom is 0.213 e. The number of hydrogen-bond donors (Lipinski definition) is 0. The maximum atomic E-state index is 2.58. The molecule has 5 heterocycles. The largest absolute Gasteiger partial charge is 0.213 e. The normalized spacial score (nSPS) is 17.0. The van der Waals surface area contributed by atoms with Crippen LogP contribution in [0.25, 0.3) is 33.8 Å². The van der Waals surface area contributed by atoms with E-state index in [0.29, 0.717) is 5.92 Å². The van der Waals surface area contributed by atoms with Gasteiger partial charge in [-0.25, -0.2) is 0 Å². The molecule has 3 heteroatoms. The molecule has 2 aliphatic heterocycles. The Labute approximate surface area is 241 Å². The molecule has 0 aliphatic carbocycles. The Morgan fingerprint density at radius 1 is 0.463 bits per heavy atom. The van der Waals surface area contributed by atoms with Crippen LogP contribution in [0.5, 0.6) is 0 Å². The van der Waals surface area contributed by atoms with Gasteiger partial charge >= 0.3 is 0 Å². The predicted molar refractivity (Wildman–Crippen MR) is 161 cm³/mol. The van der Waals surface area contributed by atoms with Crippen molar-refractivity contribution >= 4 is 0 Å². The molecule has 6 aromatic rings. The van der Waals surface area contributed by atoms with Crippen LogP contribution in [0.2, 0.25) is 0 Å². The third-order valence-electron chi connectivity index (χ3n) is 8.98. The molecule has 2 unspecified atom stereocenters. The van der Waals surface area contributed by atoms with Gasteiger partial charge in [-0.1, -0.05) is 54.6 Å². The quantitative estimate of drug-likeness (QED) is 0.215. The van der Waals surface area contributed by atoms with E-state index in [-0.39, 0.29) is 6.04 Å². The van der Waals surface area contributed by atoms with Crippen molar-refractivity contribution in [2.45, 2.75) is 31.5 Å². The molecular formula is C38H32N3+3. The highest BCUT2D eigenvalue weighted by Gasteiger charge is 2.42. The van der Waals surface area contributed by atoms with E-state index in [2.05, 4.69) is 160 Å². The lowest BCUT2D eigenvalue weighted by atomic mass is 9.80. The summed E-state index contributed by atoms with van der Waals surface area (Å²) in [6.45, 7) is 1.75. The average molecular weight is 531 g/mol. The summed E-state index contributed by atoms with van der Waals surface area (Å²) in [6, 6.07) is 47.1. The number of fused-ring (bicyclic) bond motifs is 9. The maximum absolute atomic E-state index is 2.58. The zero-order valence-electron chi connectivity index (χ0n) is 23.0. The summed E-state index contributed by atoms with van der Waals surface area (Å²) in [7, 11) is 0. The van der Waals surface area contributed by atoms with E-state index in [0.717, 1.165) is 19.5 Å². The Morgan fingerprint density at radius 2 is 1.02 bits per heavy atom. The van der Waals surface area contributed by atoms with Gasteiger partial charge in [-0.3, -0.25) is 0 Å². The van der Waals surface area contributed by atoms with E-state index in [4.69, 9.17) is 0 Å². The van der Waals surface area contributed by atoms with Crippen LogP contribution < -0.4 is 13.7 Å². The molecule has 8 rings (SSSR count). The molecule has 0 spiro atoms. The van der Waals surface area contributed by atoms with Crippen LogP contribution in [0, 0.1) is 0 Å². The van der Waals surface area contributed by atoms with Gasteiger partial charge in [0.05, 0.1) is 11.1 Å². The van der Waals surface area contributed by atoms with Crippen molar-refractivity contribution in [2.75, 3.05) is 0 Å². The Morgan fingerprint density at radius 3 is 1.83 bits per heavy atom. The highest BCUT2D eigenvalue weighted by atomic mass is 15.0. The van der Waals surface area contributed by atoms with Crippen LogP contribution in [0.4, 0.5) is 0 Å². The van der Waals surface area contributed by atoms with Crippen molar-refractivity contribution in [3.63, 3.8) is 0 Å². The summed E-state index contributed by atoms with van der Waals surface area (Å²) >= 11 is 0. The third kappa shape index (κ3) is 4.08. The summed E-state index contributed by atoms with van der Waals surface area (Å²) in [5, 5.41) is 0. The minimum atomic E-state index is 0.206. The van der Waals surface area contributed by atoms with Crippen molar-refractivity contribution < 1.29 is 13.7 Å². The van der Waals surface area contributed by atoms with Crippen molar-refractivity contribution in [3.05, 3.63) is 163 Å². The first-order valence-electron chi connectivity index (χ1n) is 14.6. The second-order valence-corrected chi connectivity index (χ2v) is 11.2. The van der Waals surface area contributed by atoms with E-state index in [9.17, 15) is 0 Å². The molecule has 0 saturated carbocycles. The molecule has 2 atom stereocenters. The molecule has 0 amide bonds. The van der Waals surface area contributed by atoms with E-state index >= 15 is 0 Å². The third-order valence-corrected chi connectivity index (χ3v) is 8.98. The molecule has 0 fully saturated rings. The molecular weight excluding hydrogens is 498 g/mol. The fraction of sp³-hybridized carbons (Fsp3) is 0.132. The number of benzene rings is 3. The van der Waals surface area contributed by atoms with E-state index in [1.807, 2.05) is 0 Å². The zero-order chi connectivity index (χ0) is 27.2. The zero-order valence-corrected chi connectivity index (χ0v) is 23.0. The van der Waals surface area contributed by atoms with Crippen LogP contribution in [-0.4, -0.2) is 0 Å². The van der Waals surface area contributed by atoms with Crippen LogP contribution >= 0.6 is 0 Å². The summed E-state index contributed by atoms with van der Waals surface area (Å²) < 4.78 is 7.44. The van der Waals surface area contributed by atoms with E-state index in [1.165, 1.54) is 50.5 Å². The first kappa shape index (κ1) is 24.0. The monoisotopic (exact) mass is 530 g/mol. The van der Waals surface area contributed by atoms with Crippen molar-refractivity contribution in [1.82, 2.24) is 0 Å². The Bertz CT molecular complexity index is 1910. The van der Waals surface area contributed by atoms with Gasteiger partial charge in [-0.05, 0) is 47.5 Å². The van der Waals surface area contributed by atoms with Crippen LogP contribution in [0.15, 0.2) is 146 Å². The van der Waals surface area contributed by atoms with E-state index < -0.39 is 0 Å². The lowest BCUT2D eigenvalue weighted by Gasteiger charge is -2.28. The van der Waals surface area contributed by atoms with Crippen molar-refractivity contribution in [2.24, 2.45) is 0 Å². The molecule has 41 heavy (non-hydrogen) atoms. The average Bonchev–Trinajstić information content (AvgIpc) is 3.06. The predicted octanol–water partition coefficient (Wildman–Crippen LogP) is 6.49. The number of rotatable bonds is 1. The van der Waals surface area contributed by atoms with Crippen molar-refractivity contribution in [3.8, 4) is 33.8 Å². The lowest BCUT2D eigenvalue weighted by molar-refractivity contribution is -0.740. The first-order chi connectivity index (χ1) is 20.3. The van der Waals surface area contributed by atoms with Crippen LogP contribution in [0.1, 0.15) is 28.7 Å². The standard InChI is InChI=1S/C38H32N3/c1-3-15-30-28(13-1)25-38(34-27-40-23-11-8-20-36(40)33-18-6-5-17-32(33)34)41-24-12-9-21-37(41)31-16-4-2-14-29(31)26-39-22-10-7-19-35(30)39/h1-24,34,38H,25-27H2/q+3. The summed E-state index contributed by atoms with van der Waals surface area (Å²) in [6.07, 6.45) is 7.71. The molecule has 0 bridgehead atoms. The highest BCUT2D eigenvalue weighted by molar-refractivity contribution is 5.65. The molecule has 3 aromatic carbocycles. The molecule has 196 valence electrons. The van der Waals surface area contributed by atoms with Gasteiger partial charge in [0.25, 0.3) is 0 Å². The van der Waals surface area contributed by atoms with Gasteiger partial charge in [0, 0.05) is 53.9 Å². The van der Waals surface area contributed by atoms with Crippen LogP contribution in [0.3, 0.4) is 0 Å². The minimum absolute atomic E-state index is 0.206. The molecule has 2 aliphatic rings. The second kappa shape index (κ2) is 9.94. The van der Waals surface area contributed by atoms with Crippen molar-refractivity contribution in [1.29, 1.82) is 0 Å². The SMILES string of the molecule is c1ccc2c(c1)CC(C1C[n+]3ccccc3-c3ccccc31)[n+]1ccccc1-c1ccccc1C[n+]1ccccc1-2. The van der Waals surface area contributed by atoms with Gasteiger partial charge in [0.1, 0.15) is 5.92 Å². The summed E-state index contributed by atoms with van der Waals surface area (Å²) in [4.78, 5) is 0. The molecule has 3 nitrogen and oxygen atoms in total. The number of hydrogen-bond acceptors (Lipinski definition) is 0. The Kier molecular flexibility index (Phi) is 5.81. The molecule has 0 N–H and O–H groups in total. The van der Waals surface area contributed by atoms with Gasteiger partial charge in [-0.15, -0.1) is 0 Å². The fourth-order valence-electron chi connectivity index (χ4n) is 7.10. The number of aromatic nitrogens is 3. The lowest BCUT2D eigenvalue weighted by Crippen LogP contribution is -2.51. The Hall–Kier alpha value is -4.89. The molecule has 0 radical (unpaired) electrons. The molecule has 3 aromatic heterocycles. The first-order valence-corrected chi connectivity index (χ1v) is 14.6.